The molecule has 0 aliphatic heterocycles. The molecule has 0 bridgehead atoms. The molecule has 0 saturated heterocycles. The first-order chi connectivity index (χ1) is 12.9. The van der Waals surface area contributed by atoms with Crippen molar-refractivity contribution < 1.29 is 13.2 Å². The molecule has 1 atom stereocenters. The Balaban J connectivity index is 2.26. The minimum Gasteiger partial charge on any atom is -0.345 e. The zero-order valence-electron chi connectivity index (χ0n) is 16.2. The quantitative estimate of drug-likeness (QED) is 0.706. The standard InChI is InChI=1S/C21H28N2O3S/c1-4-11-20(17-12-8-7-9-13-17)22-21(24)18-14-10-15-19(16-18)27(25,26)23(5-2)6-3/h7-10,12-16,20H,4-6,11H2,1-3H3,(H,22,24)/t20-/m0/s1. The minimum absolute atomic E-state index is 0.105. The molecule has 0 aromatic heterocycles. The third kappa shape index (κ3) is 5.17. The molecule has 27 heavy (non-hydrogen) atoms. The van der Waals surface area contributed by atoms with E-state index in [0.29, 0.717) is 18.7 Å². The van der Waals surface area contributed by atoms with Crippen LogP contribution >= 0.6 is 0 Å². The molecule has 1 N–H and O–H groups in total. The first-order valence-electron chi connectivity index (χ1n) is 9.40. The molecule has 6 heteroatoms. The summed E-state index contributed by atoms with van der Waals surface area (Å²) >= 11 is 0. The molecule has 2 rings (SSSR count). The Hall–Kier alpha value is -2.18. The Morgan fingerprint density at radius 3 is 2.26 bits per heavy atom. The summed E-state index contributed by atoms with van der Waals surface area (Å²) < 4.78 is 26.8. The summed E-state index contributed by atoms with van der Waals surface area (Å²) in [4.78, 5) is 12.9. The summed E-state index contributed by atoms with van der Waals surface area (Å²) in [6.07, 6.45) is 1.74. The molecule has 2 aromatic rings. The lowest BCUT2D eigenvalue weighted by atomic mass is 10.0. The summed E-state index contributed by atoms with van der Waals surface area (Å²) in [6.45, 7) is 6.45. The second kappa shape index (κ2) is 9.67. The number of carbonyl (C=O) groups is 1. The SMILES string of the molecule is CCC[C@H](NC(=O)c1cccc(S(=O)(=O)N(CC)CC)c1)c1ccccc1. The van der Waals surface area contributed by atoms with Crippen LogP contribution in [0.25, 0.3) is 0 Å². The molecule has 0 aliphatic rings. The van der Waals surface area contributed by atoms with Gasteiger partial charge in [-0.2, -0.15) is 4.31 Å². The molecule has 0 saturated carbocycles. The highest BCUT2D eigenvalue weighted by Gasteiger charge is 2.23. The van der Waals surface area contributed by atoms with Crippen LogP contribution in [0.2, 0.25) is 0 Å². The van der Waals surface area contributed by atoms with E-state index in [1.165, 1.54) is 16.4 Å². The third-order valence-corrected chi connectivity index (χ3v) is 6.57. The second-order valence-corrected chi connectivity index (χ2v) is 8.28. The maximum atomic E-state index is 12.8. The lowest BCUT2D eigenvalue weighted by Crippen LogP contribution is -2.31. The molecule has 0 aliphatic carbocycles. The molecule has 0 heterocycles. The smallest absolute Gasteiger partial charge is 0.251 e. The molecule has 0 radical (unpaired) electrons. The summed E-state index contributed by atoms with van der Waals surface area (Å²) in [5.41, 5.74) is 1.39. The van der Waals surface area contributed by atoms with E-state index < -0.39 is 10.0 Å². The Labute approximate surface area is 162 Å². The maximum Gasteiger partial charge on any atom is 0.251 e. The normalized spacial score (nSPS) is 12.7. The van der Waals surface area contributed by atoms with Crippen molar-refractivity contribution in [3.05, 3.63) is 65.7 Å². The molecular formula is C21H28N2O3S. The average Bonchev–Trinajstić information content (AvgIpc) is 2.69. The van der Waals surface area contributed by atoms with Crippen LogP contribution in [0.15, 0.2) is 59.5 Å². The number of hydrogen-bond donors (Lipinski definition) is 1. The van der Waals surface area contributed by atoms with Crippen molar-refractivity contribution in [2.24, 2.45) is 0 Å². The van der Waals surface area contributed by atoms with Gasteiger partial charge in [0.05, 0.1) is 10.9 Å². The van der Waals surface area contributed by atoms with Crippen molar-refractivity contribution in [1.29, 1.82) is 0 Å². The van der Waals surface area contributed by atoms with Gasteiger partial charge in [-0.3, -0.25) is 4.79 Å². The van der Waals surface area contributed by atoms with Gasteiger partial charge in [-0.1, -0.05) is 63.6 Å². The predicted molar refractivity (Wildman–Crippen MR) is 108 cm³/mol. The number of carbonyl (C=O) groups excluding carboxylic acids is 1. The van der Waals surface area contributed by atoms with E-state index in [4.69, 9.17) is 0 Å². The van der Waals surface area contributed by atoms with Crippen LogP contribution in [-0.2, 0) is 10.0 Å². The molecular weight excluding hydrogens is 360 g/mol. The van der Waals surface area contributed by atoms with Gasteiger partial charge in [0.1, 0.15) is 0 Å². The predicted octanol–water partition coefficient (Wildman–Crippen LogP) is 3.99. The molecule has 5 nitrogen and oxygen atoms in total. The number of benzene rings is 2. The number of sulfonamides is 1. The van der Waals surface area contributed by atoms with Gasteiger partial charge in [-0.15, -0.1) is 0 Å². The van der Waals surface area contributed by atoms with Gasteiger partial charge in [0, 0.05) is 18.7 Å². The van der Waals surface area contributed by atoms with Crippen molar-refractivity contribution in [2.45, 2.75) is 44.6 Å². The Bertz CT molecular complexity index is 847. The van der Waals surface area contributed by atoms with Crippen LogP contribution in [0.5, 0.6) is 0 Å². The van der Waals surface area contributed by atoms with Crippen molar-refractivity contribution in [3.8, 4) is 0 Å². The van der Waals surface area contributed by atoms with Gasteiger partial charge in [-0.25, -0.2) is 8.42 Å². The monoisotopic (exact) mass is 388 g/mol. The van der Waals surface area contributed by atoms with Gasteiger partial charge in [0.25, 0.3) is 5.91 Å². The number of amides is 1. The lowest BCUT2D eigenvalue weighted by molar-refractivity contribution is 0.0934. The summed E-state index contributed by atoms with van der Waals surface area (Å²) in [5.74, 6) is -0.270. The van der Waals surface area contributed by atoms with Gasteiger partial charge < -0.3 is 5.32 Å². The van der Waals surface area contributed by atoms with Crippen molar-refractivity contribution in [1.82, 2.24) is 9.62 Å². The van der Waals surface area contributed by atoms with Crippen molar-refractivity contribution >= 4 is 15.9 Å². The van der Waals surface area contributed by atoms with Crippen LogP contribution < -0.4 is 5.32 Å². The highest BCUT2D eigenvalue weighted by molar-refractivity contribution is 7.89. The van der Waals surface area contributed by atoms with Crippen molar-refractivity contribution in [2.75, 3.05) is 13.1 Å². The first-order valence-corrected chi connectivity index (χ1v) is 10.8. The maximum absolute atomic E-state index is 12.8. The fourth-order valence-corrected chi connectivity index (χ4v) is 4.55. The van der Waals surface area contributed by atoms with E-state index in [2.05, 4.69) is 12.2 Å². The largest absolute Gasteiger partial charge is 0.345 e. The molecule has 0 unspecified atom stereocenters. The fraction of sp³-hybridized carbons (Fsp3) is 0.381. The fourth-order valence-electron chi connectivity index (χ4n) is 3.05. The van der Waals surface area contributed by atoms with E-state index >= 15 is 0 Å². The van der Waals surface area contributed by atoms with Gasteiger partial charge in [0.15, 0.2) is 0 Å². The van der Waals surface area contributed by atoms with Gasteiger partial charge in [0.2, 0.25) is 10.0 Å². The van der Waals surface area contributed by atoms with E-state index in [1.807, 2.05) is 30.3 Å². The van der Waals surface area contributed by atoms with Crippen LogP contribution in [0.3, 0.4) is 0 Å². The van der Waals surface area contributed by atoms with Crippen molar-refractivity contribution in [3.63, 3.8) is 0 Å². The molecule has 0 fully saturated rings. The highest BCUT2D eigenvalue weighted by atomic mass is 32.2. The highest BCUT2D eigenvalue weighted by Crippen LogP contribution is 2.21. The first kappa shape index (κ1) is 21.1. The Kier molecular flexibility index (Phi) is 7.56. The summed E-state index contributed by atoms with van der Waals surface area (Å²) in [6, 6.07) is 15.9. The second-order valence-electron chi connectivity index (χ2n) is 6.34. The van der Waals surface area contributed by atoms with Crippen LogP contribution in [0, 0.1) is 0 Å². The minimum atomic E-state index is -3.59. The van der Waals surface area contributed by atoms with Crippen LogP contribution in [0.4, 0.5) is 0 Å². The number of rotatable bonds is 9. The zero-order valence-corrected chi connectivity index (χ0v) is 17.0. The van der Waals surface area contributed by atoms with Crippen LogP contribution in [-0.4, -0.2) is 31.7 Å². The van der Waals surface area contributed by atoms with Crippen LogP contribution in [0.1, 0.15) is 55.6 Å². The molecule has 1 amide bonds. The Morgan fingerprint density at radius 2 is 1.67 bits per heavy atom. The van der Waals surface area contributed by atoms with Gasteiger partial charge >= 0.3 is 0 Å². The molecule has 0 spiro atoms. The topological polar surface area (TPSA) is 66.5 Å². The number of nitrogens with zero attached hydrogens (tertiary/aromatic N) is 1. The van der Waals surface area contributed by atoms with E-state index in [-0.39, 0.29) is 16.8 Å². The van der Waals surface area contributed by atoms with E-state index in [1.54, 1.807) is 26.0 Å². The zero-order chi connectivity index (χ0) is 19.9. The summed E-state index contributed by atoms with van der Waals surface area (Å²) in [7, 11) is -3.59. The summed E-state index contributed by atoms with van der Waals surface area (Å²) in [5, 5.41) is 3.04. The Morgan fingerprint density at radius 1 is 1.00 bits per heavy atom. The molecule has 146 valence electrons. The number of hydrogen-bond acceptors (Lipinski definition) is 3. The van der Waals surface area contributed by atoms with E-state index in [0.717, 1.165) is 18.4 Å². The van der Waals surface area contributed by atoms with E-state index in [9.17, 15) is 13.2 Å². The van der Waals surface area contributed by atoms with Gasteiger partial charge in [-0.05, 0) is 30.2 Å². The number of nitrogens with one attached hydrogen (secondary N) is 1. The molecule has 2 aromatic carbocycles. The third-order valence-electron chi connectivity index (χ3n) is 4.52. The average molecular weight is 389 g/mol. The lowest BCUT2D eigenvalue weighted by Gasteiger charge is -2.20.